The number of rotatable bonds is 22. The summed E-state index contributed by atoms with van der Waals surface area (Å²) in [4.78, 5) is 25.5. The lowest BCUT2D eigenvalue weighted by atomic mass is 10.1. The highest BCUT2D eigenvalue weighted by molar-refractivity contribution is 7.96. The Morgan fingerprint density at radius 3 is 0.851 bits per heavy atom. The number of ether oxygens (including phenoxy) is 2. The Balaban J connectivity index is 0.799. The summed E-state index contributed by atoms with van der Waals surface area (Å²) in [6.45, 7) is 1.16. The molecule has 0 bridgehead atoms. The van der Waals surface area contributed by atoms with Crippen molar-refractivity contribution in [2.75, 3.05) is 25.5 Å². The number of hydrogen-bond donors (Lipinski definition) is 0. The number of benzene rings is 8. The zero-order valence-electron chi connectivity index (χ0n) is 37.7. The SMILES string of the molecule is O=C(/C=C/c1ccc(OCCC[P+](c2ccccc2)(c2ccccc2)c2ccccc2)cc1)CC(=O)/C=C/c1ccc(OCCC[P+](c2ccccc2)(c2ccccc2)c2ccccc2)cc1. The Bertz CT molecular complexity index is 2420. The van der Waals surface area contributed by atoms with E-state index in [1.807, 2.05) is 48.5 Å². The van der Waals surface area contributed by atoms with E-state index in [-0.39, 0.29) is 18.0 Å². The number of ketones is 2. The molecule has 67 heavy (non-hydrogen) atoms. The van der Waals surface area contributed by atoms with E-state index in [1.165, 1.54) is 44.0 Å². The van der Waals surface area contributed by atoms with Gasteiger partial charge in [-0.25, -0.2) is 0 Å². The summed E-state index contributed by atoms with van der Waals surface area (Å²) >= 11 is 0. The zero-order valence-corrected chi connectivity index (χ0v) is 39.5. The smallest absolute Gasteiger partial charge is 0.163 e. The summed E-state index contributed by atoms with van der Waals surface area (Å²) in [5, 5.41) is 8.19. The fourth-order valence-corrected chi connectivity index (χ4v) is 17.4. The number of carbonyl (C=O) groups excluding carboxylic acids is 2. The van der Waals surface area contributed by atoms with Crippen LogP contribution < -0.4 is 41.3 Å². The van der Waals surface area contributed by atoms with Gasteiger partial charge in [0, 0.05) is 12.8 Å². The average Bonchev–Trinajstić information content (AvgIpc) is 3.40. The second-order valence-corrected chi connectivity index (χ2v) is 23.6. The second kappa shape index (κ2) is 23.5. The molecule has 332 valence electrons. The molecular weight excluding hydrogens is 859 g/mol. The number of hydrogen-bond acceptors (Lipinski definition) is 4. The van der Waals surface area contributed by atoms with Crippen molar-refractivity contribution in [3.63, 3.8) is 0 Å². The van der Waals surface area contributed by atoms with Gasteiger partial charge in [-0.05, 0) is 120 Å². The summed E-state index contributed by atoms with van der Waals surface area (Å²) in [6.07, 6.45) is 9.95. The lowest BCUT2D eigenvalue weighted by molar-refractivity contribution is -0.121. The molecule has 0 atom stereocenters. The van der Waals surface area contributed by atoms with Crippen LogP contribution in [-0.4, -0.2) is 37.1 Å². The highest BCUT2D eigenvalue weighted by Gasteiger charge is 2.45. The van der Waals surface area contributed by atoms with Gasteiger partial charge in [0.05, 0.1) is 32.0 Å². The van der Waals surface area contributed by atoms with Crippen LogP contribution in [0.2, 0.25) is 0 Å². The van der Waals surface area contributed by atoms with Gasteiger partial charge >= 0.3 is 0 Å². The minimum absolute atomic E-state index is 0.201. The molecule has 0 radical (unpaired) electrons. The van der Waals surface area contributed by atoms with Crippen LogP contribution in [0, 0.1) is 0 Å². The minimum Gasteiger partial charge on any atom is -0.493 e. The Morgan fingerprint density at radius 1 is 0.343 bits per heavy atom. The van der Waals surface area contributed by atoms with Gasteiger partial charge in [-0.15, -0.1) is 0 Å². The summed E-state index contributed by atoms with van der Waals surface area (Å²) < 4.78 is 12.5. The average molecular weight is 915 g/mol. The Morgan fingerprint density at radius 2 is 0.597 bits per heavy atom. The van der Waals surface area contributed by atoms with Gasteiger partial charge in [0.25, 0.3) is 0 Å². The molecule has 6 heteroatoms. The summed E-state index contributed by atoms with van der Waals surface area (Å²) in [5.41, 5.74) is 1.72. The fraction of sp³-hybridized carbons (Fsp3) is 0.115. The van der Waals surface area contributed by atoms with Gasteiger partial charge < -0.3 is 9.47 Å². The largest absolute Gasteiger partial charge is 0.493 e. The van der Waals surface area contributed by atoms with Crippen LogP contribution in [0.4, 0.5) is 0 Å². The van der Waals surface area contributed by atoms with E-state index in [1.54, 1.807) is 12.2 Å². The second-order valence-electron chi connectivity index (χ2n) is 16.4. The quantitative estimate of drug-likeness (QED) is 0.0294. The number of carbonyl (C=O) groups is 2. The van der Waals surface area contributed by atoms with Crippen LogP contribution in [-0.2, 0) is 9.59 Å². The summed E-state index contributed by atoms with van der Waals surface area (Å²) in [5.74, 6) is 1.05. The van der Waals surface area contributed by atoms with E-state index in [4.69, 9.17) is 9.47 Å². The molecule has 0 aliphatic rings. The topological polar surface area (TPSA) is 52.6 Å². The van der Waals surface area contributed by atoms with E-state index < -0.39 is 14.5 Å². The van der Waals surface area contributed by atoms with Crippen molar-refractivity contribution in [3.05, 3.63) is 254 Å². The molecule has 0 amide bonds. The van der Waals surface area contributed by atoms with Gasteiger partial charge in [0.1, 0.15) is 57.9 Å². The van der Waals surface area contributed by atoms with Crippen molar-refractivity contribution < 1.29 is 19.1 Å². The molecule has 0 aliphatic heterocycles. The first-order valence-corrected chi connectivity index (χ1v) is 27.0. The minimum atomic E-state index is -1.92. The third kappa shape index (κ3) is 11.9. The molecule has 8 aromatic carbocycles. The standard InChI is InChI=1S/C61H56O4P2/c62-52(39-33-50-35-41-54(42-36-50)64-45-19-47-66(56-21-7-1-8-22-56,57-23-9-2-10-24-57)58-25-11-3-12-26-58)49-53(63)40-34-51-37-43-55(44-38-51)65-46-20-48-67(59-27-13-4-14-28-59,60-29-15-5-16-30-60)61-31-17-6-18-32-61/h1-18,21-44H,19-20,45-49H2/q+2/b39-33+,40-34+. The fourth-order valence-electron chi connectivity index (χ4n) is 8.77. The van der Waals surface area contributed by atoms with Crippen LogP contribution in [0.5, 0.6) is 11.5 Å². The van der Waals surface area contributed by atoms with Gasteiger partial charge in [-0.1, -0.05) is 146 Å². The molecule has 0 fully saturated rings. The molecule has 0 heterocycles. The predicted molar refractivity (Wildman–Crippen MR) is 286 cm³/mol. The van der Waals surface area contributed by atoms with E-state index in [2.05, 4.69) is 182 Å². The van der Waals surface area contributed by atoms with Crippen molar-refractivity contribution in [1.29, 1.82) is 0 Å². The molecule has 0 aliphatic carbocycles. The van der Waals surface area contributed by atoms with Crippen LogP contribution in [0.3, 0.4) is 0 Å². The highest BCUT2D eigenvalue weighted by atomic mass is 31.2. The Kier molecular flexibility index (Phi) is 16.3. The van der Waals surface area contributed by atoms with Crippen molar-refractivity contribution in [1.82, 2.24) is 0 Å². The zero-order chi connectivity index (χ0) is 46.0. The lowest BCUT2D eigenvalue weighted by Gasteiger charge is -2.27. The number of allylic oxidation sites excluding steroid dienone is 2. The monoisotopic (exact) mass is 914 g/mol. The molecule has 8 rings (SSSR count). The molecule has 8 aromatic rings. The lowest BCUT2D eigenvalue weighted by Crippen LogP contribution is -2.33. The van der Waals surface area contributed by atoms with Gasteiger partial charge in [-0.2, -0.15) is 0 Å². The third-order valence-electron chi connectivity index (χ3n) is 12.0. The molecule has 4 nitrogen and oxygen atoms in total. The van der Waals surface area contributed by atoms with E-state index >= 15 is 0 Å². The van der Waals surface area contributed by atoms with E-state index in [0.717, 1.165) is 47.8 Å². The van der Waals surface area contributed by atoms with Crippen molar-refractivity contribution in [3.8, 4) is 11.5 Å². The van der Waals surface area contributed by atoms with E-state index in [0.29, 0.717) is 13.2 Å². The first-order valence-electron chi connectivity index (χ1n) is 23.0. The first kappa shape index (κ1) is 46.6. The molecule has 0 saturated heterocycles. The van der Waals surface area contributed by atoms with Crippen molar-refractivity contribution in [2.45, 2.75) is 19.3 Å². The van der Waals surface area contributed by atoms with Gasteiger partial charge in [0.2, 0.25) is 0 Å². The Hall–Kier alpha value is -6.96. The maximum atomic E-state index is 12.8. The summed E-state index contributed by atoms with van der Waals surface area (Å²) in [7, 11) is -3.83. The van der Waals surface area contributed by atoms with Gasteiger partial charge in [-0.3, -0.25) is 9.59 Å². The van der Waals surface area contributed by atoms with Gasteiger partial charge in [0.15, 0.2) is 11.6 Å². The van der Waals surface area contributed by atoms with Crippen molar-refractivity contribution in [2.24, 2.45) is 0 Å². The maximum absolute atomic E-state index is 12.8. The highest BCUT2D eigenvalue weighted by Crippen LogP contribution is 2.56. The normalized spacial score (nSPS) is 11.7. The maximum Gasteiger partial charge on any atom is 0.163 e. The molecule has 0 saturated carbocycles. The Labute approximate surface area is 397 Å². The predicted octanol–water partition coefficient (Wildman–Crippen LogP) is 11.5. The first-order chi connectivity index (χ1) is 33.0. The summed E-state index contributed by atoms with van der Waals surface area (Å²) in [6, 6.07) is 80.8. The van der Waals surface area contributed by atoms with Crippen LogP contribution in [0.1, 0.15) is 30.4 Å². The van der Waals surface area contributed by atoms with E-state index in [9.17, 15) is 9.59 Å². The van der Waals surface area contributed by atoms with Crippen LogP contribution >= 0.6 is 14.5 Å². The van der Waals surface area contributed by atoms with Crippen LogP contribution in [0.25, 0.3) is 12.2 Å². The molecule has 0 aromatic heterocycles. The molecular formula is C61H56O4P2+2. The third-order valence-corrected chi connectivity index (χ3v) is 21.1. The molecule has 0 unspecified atom stereocenters. The molecule has 0 N–H and O–H groups in total. The van der Waals surface area contributed by atoms with Crippen molar-refractivity contribution >= 4 is 70.1 Å². The molecule has 0 spiro atoms. The van der Waals surface area contributed by atoms with Crippen LogP contribution in [0.15, 0.2) is 243 Å².